The number of sulfonamides is 1. The van der Waals surface area contributed by atoms with E-state index in [1.54, 1.807) is 19.1 Å². The summed E-state index contributed by atoms with van der Waals surface area (Å²) < 4.78 is 53.0. The highest BCUT2D eigenvalue weighted by Crippen LogP contribution is 2.24. The van der Waals surface area contributed by atoms with Crippen molar-refractivity contribution in [1.29, 1.82) is 0 Å². The molecular formula is C14H21F2NO3S. The van der Waals surface area contributed by atoms with E-state index in [2.05, 4.69) is 0 Å². The van der Waals surface area contributed by atoms with Gasteiger partial charge in [-0.25, -0.2) is 17.2 Å². The molecule has 0 aliphatic rings. The Morgan fingerprint density at radius 1 is 1.24 bits per heavy atom. The van der Waals surface area contributed by atoms with E-state index in [0.29, 0.717) is 6.42 Å². The molecule has 1 aromatic rings. The summed E-state index contributed by atoms with van der Waals surface area (Å²) in [5.74, 6) is -3.25. The lowest BCUT2D eigenvalue weighted by Gasteiger charge is -2.26. The van der Waals surface area contributed by atoms with Crippen LogP contribution in [0.2, 0.25) is 0 Å². The predicted octanol–water partition coefficient (Wildman–Crippen LogP) is 2.41. The molecular weight excluding hydrogens is 300 g/mol. The molecule has 1 aromatic carbocycles. The van der Waals surface area contributed by atoms with Gasteiger partial charge in [-0.1, -0.05) is 24.6 Å². The van der Waals surface area contributed by atoms with Crippen LogP contribution < -0.4 is 0 Å². The lowest BCUT2D eigenvalue weighted by molar-refractivity contribution is -0.0346. The van der Waals surface area contributed by atoms with E-state index in [1.807, 2.05) is 6.92 Å². The van der Waals surface area contributed by atoms with Crippen molar-refractivity contribution in [2.75, 3.05) is 19.7 Å². The lowest BCUT2D eigenvalue weighted by Crippen LogP contribution is -2.41. The Labute approximate surface area is 124 Å². The maximum absolute atomic E-state index is 13.6. The lowest BCUT2D eigenvalue weighted by atomic mass is 10.2. The molecule has 120 valence electrons. The fourth-order valence-electron chi connectivity index (χ4n) is 1.89. The molecule has 0 saturated heterocycles. The molecule has 0 saturated carbocycles. The van der Waals surface area contributed by atoms with Gasteiger partial charge in [-0.3, -0.25) is 0 Å². The maximum Gasteiger partial charge on any atom is 0.263 e. The minimum absolute atomic E-state index is 0.00125. The maximum atomic E-state index is 13.6. The number of halogens is 2. The van der Waals surface area contributed by atoms with Crippen molar-refractivity contribution < 1.29 is 22.3 Å². The van der Waals surface area contributed by atoms with Gasteiger partial charge in [0.2, 0.25) is 10.0 Å². The Morgan fingerprint density at radius 2 is 1.81 bits per heavy atom. The van der Waals surface area contributed by atoms with E-state index in [4.69, 9.17) is 5.11 Å². The SMILES string of the molecule is CCCN(CC(F)(F)CCO)S(=O)(=O)c1ccc(C)cc1. The van der Waals surface area contributed by atoms with Crippen LogP contribution in [0, 0.1) is 6.92 Å². The quantitative estimate of drug-likeness (QED) is 0.800. The first-order valence-corrected chi connectivity index (χ1v) is 8.22. The van der Waals surface area contributed by atoms with Gasteiger partial charge < -0.3 is 5.11 Å². The number of alkyl halides is 2. The van der Waals surface area contributed by atoms with Gasteiger partial charge in [0.05, 0.1) is 11.4 Å². The number of hydrogen-bond donors (Lipinski definition) is 1. The van der Waals surface area contributed by atoms with Crippen LogP contribution in [-0.2, 0) is 10.0 Å². The van der Waals surface area contributed by atoms with Gasteiger partial charge in [0, 0.05) is 19.6 Å². The van der Waals surface area contributed by atoms with Crippen LogP contribution in [0.15, 0.2) is 29.2 Å². The van der Waals surface area contributed by atoms with E-state index in [0.717, 1.165) is 9.87 Å². The minimum atomic E-state index is -3.96. The van der Waals surface area contributed by atoms with Crippen LogP contribution in [0.3, 0.4) is 0 Å². The number of aliphatic hydroxyl groups excluding tert-OH is 1. The molecule has 0 bridgehead atoms. The Balaban J connectivity index is 3.05. The van der Waals surface area contributed by atoms with Gasteiger partial charge in [-0.2, -0.15) is 4.31 Å². The number of aliphatic hydroxyl groups is 1. The second-order valence-electron chi connectivity index (χ2n) is 4.98. The van der Waals surface area contributed by atoms with Gasteiger partial charge in [-0.15, -0.1) is 0 Å². The van der Waals surface area contributed by atoms with Crippen molar-refractivity contribution in [3.8, 4) is 0 Å². The highest BCUT2D eigenvalue weighted by molar-refractivity contribution is 7.89. The topological polar surface area (TPSA) is 57.6 Å². The average molecular weight is 321 g/mol. The number of benzene rings is 1. The zero-order valence-electron chi connectivity index (χ0n) is 12.2. The number of hydrogen-bond acceptors (Lipinski definition) is 3. The summed E-state index contributed by atoms with van der Waals surface area (Å²) in [7, 11) is -3.96. The molecule has 0 radical (unpaired) electrons. The summed E-state index contributed by atoms with van der Waals surface area (Å²) in [6.07, 6.45) is -0.322. The largest absolute Gasteiger partial charge is 0.396 e. The fraction of sp³-hybridized carbons (Fsp3) is 0.571. The number of rotatable bonds is 8. The first-order valence-electron chi connectivity index (χ1n) is 6.78. The molecule has 7 heteroatoms. The third-order valence-corrected chi connectivity index (χ3v) is 4.88. The van der Waals surface area contributed by atoms with Gasteiger partial charge in [0.1, 0.15) is 0 Å². The van der Waals surface area contributed by atoms with Gasteiger partial charge in [-0.05, 0) is 25.5 Å². The Hall–Kier alpha value is -1.05. The average Bonchev–Trinajstić information content (AvgIpc) is 2.38. The van der Waals surface area contributed by atoms with Crippen molar-refractivity contribution in [3.63, 3.8) is 0 Å². The second-order valence-corrected chi connectivity index (χ2v) is 6.92. The highest BCUT2D eigenvalue weighted by Gasteiger charge is 2.36. The van der Waals surface area contributed by atoms with Crippen LogP contribution >= 0.6 is 0 Å². The zero-order chi connectivity index (χ0) is 16.1. The minimum Gasteiger partial charge on any atom is -0.396 e. The van der Waals surface area contributed by atoms with E-state index < -0.39 is 35.5 Å². The van der Waals surface area contributed by atoms with Crippen molar-refractivity contribution in [1.82, 2.24) is 4.31 Å². The molecule has 21 heavy (non-hydrogen) atoms. The van der Waals surface area contributed by atoms with Crippen LogP contribution in [0.4, 0.5) is 8.78 Å². The van der Waals surface area contributed by atoms with Gasteiger partial charge in [0.15, 0.2) is 0 Å². The van der Waals surface area contributed by atoms with Crippen LogP contribution in [0.5, 0.6) is 0 Å². The standard InChI is InChI=1S/C14H21F2NO3S/c1-3-9-17(11-14(15,16)8-10-18)21(19,20)13-6-4-12(2)5-7-13/h4-7,18H,3,8-11H2,1-2H3. The first kappa shape index (κ1) is 18.0. The summed E-state index contributed by atoms with van der Waals surface area (Å²) in [6, 6.07) is 6.08. The Bertz CT molecular complexity index is 544. The molecule has 0 aromatic heterocycles. The summed E-state index contributed by atoms with van der Waals surface area (Å²) >= 11 is 0. The molecule has 0 unspecified atom stereocenters. The van der Waals surface area contributed by atoms with Crippen molar-refractivity contribution in [2.24, 2.45) is 0 Å². The summed E-state index contributed by atoms with van der Waals surface area (Å²) in [4.78, 5) is 0.00125. The van der Waals surface area contributed by atoms with Gasteiger partial charge >= 0.3 is 0 Å². The molecule has 0 fully saturated rings. The molecule has 0 atom stereocenters. The van der Waals surface area contributed by atoms with Crippen LogP contribution in [-0.4, -0.2) is 43.4 Å². The Kier molecular flexibility index (Phi) is 6.24. The monoisotopic (exact) mass is 321 g/mol. The van der Waals surface area contributed by atoms with Crippen molar-refractivity contribution in [3.05, 3.63) is 29.8 Å². The highest BCUT2D eigenvalue weighted by atomic mass is 32.2. The van der Waals surface area contributed by atoms with E-state index >= 15 is 0 Å². The molecule has 0 heterocycles. The molecule has 0 spiro atoms. The zero-order valence-corrected chi connectivity index (χ0v) is 13.0. The Morgan fingerprint density at radius 3 is 2.29 bits per heavy atom. The summed E-state index contributed by atoms with van der Waals surface area (Å²) in [5.41, 5.74) is 0.890. The molecule has 1 N–H and O–H groups in total. The van der Waals surface area contributed by atoms with E-state index in [9.17, 15) is 17.2 Å². The normalized spacial score (nSPS) is 12.9. The van der Waals surface area contributed by atoms with Crippen molar-refractivity contribution in [2.45, 2.75) is 37.5 Å². The predicted molar refractivity (Wildman–Crippen MR) is 76.9 cm³/mol. The molecule has 0 aliphatic carbocycles. The molecule has 4 nitrogen and oxygen atoms in total. The third-order valence-electron chi connectivity index (χ3n) is 3.02. The van der Waals surface area contributed by atoms with E-state index in [-0.39, 0.29) is 11.4 Å². The summed E-state index contributed by atoms with van der Waals surface area (Å²) in [6.45, 7) is 1.95. The van der Waals surface area contributed by atoms with Crippen LogP contribution in [0.1, 0.15) is 25.3 Å². The first-order chi connectivity index (χ1) is 9.73. The van der Waals surface area contributed by atoms with E-state index in [1.165, 1.54) is 12.1 Å². The second kappa shape index (κ2) is 7.29. The molecule has 0 aliphatic heterocycles. The number of nitrogens with zero attached hydrogens (tertiary/aromatic N) is 1. The van der Waals surface area contributed by atoms with Crippen LogP contribution in [0.25, 0.3) is 0 Å². The van der Waals surface area contributed by atoms with Gasteiger partial charge in [0.25, 0.3) is 5.92 Å². The number of aryl methyl sites for hydroxylation is 1. The summed E-state index contributed by atoms with van der Waals surface area (Å²) in [5, 5.41) is 8.65. The fourth-order valence-corrected chi connectivity index (χ4v) is 3.45. The molecule has 0 amide bonds. The third kappa shape index (κ3) is 5.01. The molecule has 1 rings (SSSR count). The van der Waals surface area contributed by atoms with Crippen molar-refractivity contribution >= 4 is 10.0 Å². The smallest absolute Gasteiger partial charge is 0.263 e.